The summed E-state index contributed by atoms with van der Waals surface area (Å²) < 4.78 is 18.6. The molecule has 2 aliphatic rings. The van der Waals surface area contributed by atoms with Gasteiger partial charge in [-0.15, -0.1) is 12.4 Å². The minimum atomic E-state index is -0.755. The molecule has 3 heterocycles. The van der Waals surface area contributed by atoms with Crippen molar-refractivity contribution in [1.82, 2.24) is 9.88 Å². The summed E-state index contributed by atoms with van der Waals surface area (Å²) in [5.41, 5.74) is 1.86. The molecule has 0 bridgehead atoms. The lowest BCUT2D eigenvalue weighted by Crippen LogP contribution is -2.51. The smallest absolute Gasteiger partial charge is 0.273 e. The van der Waals surface area contributed by atoms with Crippen LogP contribution in [0.25, 0.3) is 10.2 Å². The highest BCUT2D eigenvalue weighted by Crippen LogP contribution is 2.36. The van der Waals surface area contributed by atoms with Crippen molar-refractivity contribution in [2.75, 3.05) is 44.3 Å². The van der Waals surface area contributed by atoms with Crippen LogP contribution in [0.2, 0.25) is 5.02 Å². The van der Waals surface area contributed by atoms with Gasteiger partial charge in [0.25, 0.3) is 5.91 Å². The van der Waals surface area contributed by atoms with E-state index in [1.54, 1.807) is 4.90 Å². The zero-order chi connectivity index (χ0) is 23.7. The van der Waals surface area contributed by atoms with Crippen LogP contribution in [0.4, 0.5) is 5.13 Å². The Balaban J connectivity index is 0.00000289. The molecular weight excluding hydrogens is 509 g/mol. The Morgan fingerprint density at radius 2 is 1.91 bits per heavy atom. The molecule has 0 spiro atoms. The quantitative estimate of drug-likeness (QED) is 0.442. The molecule has 7 nitrogen and oxygen atoms in total. The van der Waals surface area contributed by atoms with Crippen molar-refractivity contribution in [3.05, 3.63) is 47.0 Å². The molecule has 0 radical (unpaired) electrons. The molecule has 2 aromatic carbocycles. The van der Waals surface area contributed by atoms with Gasteiger partial charge in [-0.1, -0.05) is 35.1 Å². The van der Waals surface area contributed by atoms with Gasteiger partial charge in [0, 0.05) is 31.2 Å². The van der Waals surface area contributed by atoms with Gasteiger partial charge < -0.3 is 14.2 Å². The third kappa shape index (κ3) is 5.67. The second kappa shape index (κ2) is 11.3. The molecule has 0 N–H and O–H groups in total. The molecule has 2 unspecified atom stereocenters. The minimum absolute atomic E-state index is 0. The summed E-state index contributed by atoms with van der Waals surface area (Å²) in [6.45, 7) is 8.63. The average Bonchev–Trinajstić information content (AvgIpc) is 3.25. The van der Waals surface area contributed by atoms with Crippen molar-refractivity contribution in [1.29, 1.82) is 0 Å². The number of thiazole rings is 1. The summed E-state index contributed by atoms with van der Waals surface area (Å²) in [7, 11) is 0. The minimum Gasteiger partial charge on any atom is -0.482 e. The number of fused-ring (bicyclic) bond motifs is 2. The van der Waals surface area contributed by atoms with Crippen LogP contribution in [0.3, 0.4) is 0 Å². The van der Waals surface area contributed by atoms with Gasteiger partial charge in [-0.25, -0.2) is 4.98 Å². The fourth-order valence-electron chi connectivity index (χ4n) is 4.38. The number of para-hydroxylation sites is 2. The first-order valence-corrected chi connectivity index (χ1v) is 12.8. The Labute approximate surface area is 220 Å². The Hall–Kier alpha value is -2.10. The van der Waals surface area contributed by atoms with E-state index in [2.05, 4.69) is 4.90 Å². The molecule has 188 valence electrons. The number of halogens is 2. The van der Waals surface area contributed by atoms with E-state index in [9.17, 15) is 4.79 Å². The molecule has 3 aromatic rings. The van der Waals surface area contributed by atoms with Gasteiger partial charge >= 0.3 is 0 Å². The van der Waals surface area contributed by atoms with Crippen LogP contribution in [-0.2, 0) is 9.53 Å². The van der Waals surface area contributed by atoms with Crippen LogP contribution in [0.5, 0.6) is 11.5 Å². The standard InChI is InChI=1S/C25H28ClN3O4S.ClH/c1-16-14-18(26)15-21-22(16)27-25(34-21)29(9-5-8-28-10-12-31-13-11-28)24(30)23-17(2)32-19-6-3-4-7-20(19)33-23;/h3-4,6-7,14-15,17,23H,5,8-13H2,1-2H3;1H. The first-order valence-electron chi connectivity index (χ1n) is 11.6. The molecule has 1 saturated heterocycles. The molecule has 5 rings (SSSR count). The maximum absolute atomic E-state index is 13.9. The van der Waals surface area contributed by atoms with Crippen LogP contribution >= 0.6 is 35.3 Å². The van der Waals surface area contributed by atoms with Crippen LogP contribution in [-0.4, -0.2) is 67.4 Å². The predicted molar refractivity (Wildman–Crippen MR) is 142 cm³/mol. The van der Waals surface area contributed by atoms with E-state index in [0.29, 0.717) is 28.2 Å². The zero-order valence-electron chi connectivity index (χ0n) is 19.7. The largest absolute Gasteiger partial charge is 0.482 e. The Bertz CT molecular complexity index is 1180. The normalized spacial score (nSPS) is 19.9. The van der Waals surface area contributed by atoms with Crippen LogP contribution < -0.4 is 14.4 Å². The molecule has 2 atom stereocenters. The Morgan fingerprint density at radius 3 is 2.66 bits per heavy atom. The van der Waals surface area contributed by atoms with Gasteiger partial charge in [-0.3, -0.25) is 14.6 Å². The maximum atomic E-state index is 13.9. The molecule has 1 aromatic heterocycles. The number of nitrogens with zero attached hydrogens (tertiary/aromatic N) is 3. The summed E-state index contributed by atoms with van der Waals surface area (Å²) in [4.78, 5) is 22.8. The van der Waals surface area contributed by atoms with E-state index in [1.165, 1.54) is 11.3 Å². The number of morpholine rings is 1. The van der Waals surface area contributed by atoms with Gasteiger partial charge in [0.1, 0.15) is 6.10 Å². The number of anilines is 1. The molecule has 1 amide bonds. The van der Waals surface area contributed by atoms with E-state index in [0.717, 1.165) is 55.0 Å². The fraction of sp³-hybridized carbons (Fsp3) is 0.440. The monoisotopic (exact) mass is 537 g/mol. The van der Waals surface area contributed by atoms with E-state index in [-0.39, 0.29) is 18.3 Å². The second-order valence-electron chi connectivity index (χ2n) is 8.67. The highest BCUT2D eigenvalue weighted by molar-refractivity contribution is 7.22. The van der Waals surface area contributed by atoms with Gasteiger partial charge in [-0.05, 0) is 50.1 Å². The van der Waals surface area contributed by atoms with Crippen LogP contribution in [0.1, 0.15) is 18.9 Å². The second-order valence-corrected chi connectivity index (χ2v) is 10.1. The van der Waals surface area contributed by atoms with Crippen LogP contribution in [0, 0.1) is 6.92 Å². The number of hydrogen-bond donors (Lipinski definition) is 0. The third-order valence-corrected chi connectivity index (χ3v) is 7.42. The lowest BCUT2D eigenvalue weighted by Gasteiger charge is -2.34. The number of amides is 1. The van der Waals surface area contributed by atoms with Crippen molar-refractivity contribution in [2.45, 2.75) is 32.5 Å². The summed E-state index contributed by atoms with van der Waals surface area (Å²) in [5, 5.41) is 1.32. The SMILES string of the molecule is Cc1cc(Cl)cc2sc(N(CCCN3CCOCC3)C(=O)C3Oc4ccccc4OC3C)nc12.Cl. The first-order chi connectivity index (χ1) is 16.5. The van der Waals surface area contributed by atoms with Crippen molar-refractivity contribution in [2.24, 2.45) is 0 Å². The third-order valence-electron chi connectivity index (χ3n) is 6.18. The molecule has 2 aliphatic heterocycles. The molecule has 0 saturated carbocycles. The lowest BCUT2D eigenvalue weighted by atomic mass is 10.1. The summed E-state index contributed by atoms with van der Waals surface area (Å²) in [6, 6.07) is 11.2. The van der Waals surface area contributed by atoms with E-state index in [1.807, 2.05) is 50.2 Å². The summed E-state index contributed by atoms with van der Waals surface area (Å²) >= 11 is 7.76. The van der Waals surface area contributed by atoms with E-state index in [4.69, 9.17) is 30.8 Å². The Kier molecular flexibility index (Phi) is 8.39. The van der Waals surface area contributed by atoms with Gasteiger partial charge in [0.15, 0.2) is 16.6 Å². The lowest BCUT2D eigenvalue weighted by molar-refractivity contribution is -0.130. The van der Waals surface area contributed by atoms with Gasteiger partial charge in [-0.2, -0.15) is 0 Å². The molecule has 10 heteroatoms. The topological polar surface area (TPSA) is 64.1 Å². The first kappa shape index (κ1) is 26.0. The number of aryl methyl sites for hydroxylation is 1. The van der Waals surface area contributed by atoms with Gasteiger partial charge in [0.2, 0.25) is 6.10 Å². The van der Waals surface area contributed by atoms with E-state index >= 15 is 0 Å². The van der Waals surface area contributed by atoms with E-state index < -0.39 is 12.2 Å². The average molecular weight is 538 g/mol. The Morgan fingerprint density at radius 1 is 1.20 bits per heavy atom. The predicted octanol–water partition coefficient (Wildman–Crippen LogP) is 4.96. The van der Waals surface area contributed by atoms with Crippen molar-refractivity contribution in [3.8, 4) is 11.5 Å². The highest BCUT2D eigenvalue weighted by Gasteiger charge is 2.38. The molecule has 35 heavy (non-hydrogen) atoms. The fourth-order valence-corrected chi connectivity index (χ4v) is 5.83. The number of ether oxygens (including phenoxy) is 3. The number of hydrogen-bond acceptors (Lipinski definition) is 7. The zero-order valence-corrected chi connectivity index (χ0v) is 22.1. The maximum Gasteiger partial charge on any atom is 0.273 e. The van der Waals surface area contributed by atoms with Gasteiger partial charge in [0.05, 0.1) is 23.4 Å². The molecular formula is C25H29Cl2N3O4S. The number of carbonyl (C=O) groups is 1. The molecule has 0 aliphatic carbocycles. The van der Waals surface area contributed by atoms with Crippen molar-refractivity contribution in [3.63, 3.8) is 0 Å². The number of aromatic nitrogens is 1. The highest BCUT2D eigenvalue weighted by atomic mass is 35.5. The summed E-state index contributed by atoms with van der Waals surface area (Å²) in [6.07, 6.45) is -0.357. The number of carbonyl (C=O) groups excluding carboxylic acids is 1. The van der Waals surface area contributed by atoms with Crippen molar-refractivity contribution >= 4 is 56.6 Å². The van der Waals surface area contributed by atoms with Crippen LogP contribution in [0.15, 0.2) is 36.4 Å². The molecule has 1 fully saturated rings. The summed E-state index contributed by atoms with van der Waals surface area (Å²) in [5.74, 6) is 1.09. The van der Waals surface area contributed by atoms with Crippen molar-refractivity contribution < 1.29 is 19.0 Å². The number of rotatable bonds is 6. The number of benzene rings is 2.